The van der Waals surface area contributed by atoms with Crippen LogP contribution in [0.1, 0.15) is 23.1 Å². The smallest absolute Gasteiger partial charge is 0.170 e. The minimum absolute atomic E-state index is 0.0579. The second-order valence-electron chi connectivity index (χ2n) is 4.80. The summed E-state index contributed by atoms with van der Waals surface area (Å²) in [6.07, 6.45) is 1.76. The molecule has 0 aliphatic carbocycles. The van der Waals surface area contributed by atoms with Gasteiger partial charge in [-0.05, 0) is 35.9 Å². The summed E-state index contributed by atoms with van der Waals surface area (Å²) in [6.45, 7) is 2.70. The molecule has 0 unspecified atom stereocenters. The molecule has 0 spiro atoms. The Bertz CT molecular complexity index is 810. The van der Waals surface area contributed by atoms with Gasteiger partial charge in [-0.1, -0.05) is 34.1 Å². The van der Waals surface area contributed by atoms with E-state index >= 15 is 0 Å². The number of halogens is 1. The van der Waals surface area contributed by atoms with Crippen molar-refractivity contribution in [2.45, 2.75) is 19.9 Å². The molecule has 0 amide bonds. The lowest BCUT2D eigenvalue weighted by Gasteiger charge is -2.05. The number of fused-ring (bicyclic) bond motifs is 1. The van der Waals surface area contributed by atoms with E-state index in [0.717, 1.165) is 15.2 Å². The Balaban J connectivity index is 1.89. The van der Waals surface area contributed by atoms with Crippen LogP contribution in [0.25, 0.3) is 10.8 Å². The molecule has 2 aromatic carbocycles. The van der Waals surface area contributed by atoms with Gasteiger partial charge in [-0.3, -0.25) is 4.79 Å². The van der Waals surface area contributed by atoms with E-state index in [-0.39, 0.29) is 12.2 Å². The van der Waals surface area contributed by atoms with E-state index in [0.29, 0.717) is 17.9 Å². The maximum atomic E-state index is 12.4. The lowest BCUT2D eigenvalue weighted by Crippen LogP contribution is -2.10. The van der Waals surface area contributed by atoms with Gasteiger partial charge >= 0.3 is 0 Å². The second-order valence-corrected chi connectivity index (χ2v) is 5.71. The maximum absolute atomic E-state index is 12.4. The van der Waals surface area contributed by atoms with Crippen molar-refractivity contribution in [3.8, 4) is 0 Å². The molecule has 5 heteroatoms. The minimum atomic E-state index is 0.0579. The normalized spacial score (nSPS) is 11.0. The zero-order valence-corrected chi connectivity index (χ0v) is 13.2. The van der Waals surface area contributed by atoms with E-state index < -0.39 is 0 Å². The largest absolute Gasteiger partial charge is 0.294 e. The van der Waals surface area contributed by atoms with Gasteiger partial charge in [-0.2, -0.15) is 5.10 Å². The van der Waals surface area contributed by atoms with E-state index in [2.05, 4.69) is 26.0 Å². The third kappa shape index (κ3) is 2.88. The van der Waals surface area contributed by atoms with Gasteiger partial charge in [-0.15, -0.1) is 0 Å². The van der Waals surface area contributed by atoms with Crippen LogP contribution in [0.4, 0.5) is 0 Å². The minimum Gasteiger partial charge on any atom is -0.294 e. The first kappa shape index (κ1) is 13.9. The summed E-state index contributed by atoms with van der Waals surface area (Å²) in [5, 5.41) is 6.25. The molecule has 0 radical (unpaired) electrons. The van der Waals surface area contributed by atoms with Crippen molar-refractivity contribution < 1.29 is 4.79 Å². The first-order valence-corrected chi connectivity index (χ1v) is 7.56. The van der Waals surface area contributed by atoms with Crippen LogP contribution in [0.15, 0.2) is 47.2 Å². The van der Waals surface area contributed by atoms with Crippen molar-refractivity contribution in [1.82, 2.24) is 14.8 Å². The predicted molar refractivity (Wildman–Crippen MR) is 85.4 cm³/mol. The van der Waals surface area contributed by atoms with E-state index in [1.54, 1.807) is 4.68 Å². The van der Waals surface area contributed by atoms with Crippen molar-refractivity contribution in [2.75, 3.05) is 0 Å². The van der Waals surface area contributed by atoms with Gasteiger partial charge in [0.1, 0.15) is 12.2 Å². The highest BCUT2D eigenvalue weighted by Gasteiger charge is 2.12. The molecule has 21 heavy (non-hydrogen) atoms. The van der Waals surface area contributed by atoms with Crippen molar-refractivity contribution in [1.29, 1.82) is 0 Å². The molecule has 0 saturated heterocycles. The molecule has 0 aliphatic heterocycles. The van der Waals surface area contributed by atoms with Gasteiger partial charge in [0, 0.05) is 16.6 Å². The van der Waals surface area contributed by atoms with Gasteiger partial charge in [0.05, 0.1) is 6.42 Å². The Morgan fingerprint density at radius 3 is 2.76 bits per heavy atom. The molecular weight excluding hydrogens is 330 g/mol. The zero-order valence-electron chi connectivity index (χ0n) is 11.6. The highest BCUT2D eigenvalue weighted by Crippen LogP contribution is 2.21. The Hall–Kier alpha value is -2.01. The van der Waals surface area contributed by atoms with Crippen molar-refractivity contribution in [3.63, 3.8) is 0 Å². The molecule has 0 atom stereocenters. The van der Waals surface area contributed by atoms with Crippen LogP contribution >= 0.6 is 15.9 Å². The molecule has 3 aromatic rings. The lowest BCUT2D eigenvalue weighted by atomic mass is 10.0. The van der Waals surface area contributed by atoms with Crippen molar-refractivity contribution >= 4 is 32.5 Å². The summed E-state index contributed by atoms with van der Waals surface area (Å²) in [5.41, 5.74) is 0.704. The molecule has 1 heterocycles. The van der Waals surface area contributed by atoms with Crippen LogP contribution in [-0.4, -0.2) is 20.5 Å². The van der Waals surface area contributed by atoms with Gasteiger partial charge in [-0.25, -0.2) is 9.67 Å². The molecular formula is C16H14BrN3O. The van der Waals surface area contributed by atoms with Crippen LogP contribution < -0.4 is 0 Å². The Kier molecular flexibility index (Phi) is 3.84. The van der Waals surface area contributed by atoms with Gasteiger partial charge in [0.2, 0.25) is 0 Å². The lowest BCUT2D eigenvalue weighted by molar-refractivity contribution is 0.0989. The van der Waals surface area contributed by atoms with Crippen LogP contribution in [0, 0.1) is 0 Å². The van der Waals surface area contributed by atoms with E-state index in [4.69, 9.17) is 0 Å². The number of Topliss-reactive ketones (excluding diaryl/α,β-unsaturated/α-hetero) is 1. The summed E-state index contributed by atoms with van der Waals surface area (Å²) in [7, 11) is 0. The molecule has 0 N–H and O–H groups in total. The van der Waals surface area contributed by atoms with Crippen LogP contribution in [0.3, 0.4) is 0 Å². The number of aryl methyl sites for hydroxylation is 1. The van der Waals surface area contributed by atoms with Crippen molar-refractivity contribution in [2.24, 2.45) is 0 Å². The highest BCUT2D eigenvalue weighted by atomic mass is 79.9. The topological polar surface area (TPSA) is 47.8 Å². The first-order valence-electron chi connectivity index (χ1n) is 6.76. The molecule has 106 valence electrons. The SMILES string of the molecule is CCn1ncnc1CC(=O)c1ccc2cc(Br)ccc2c1. The average Bonchev–Trinajstić information content (AvgIpc) is 2.93. The molecule has 0 aliphatic rings. The third-order valence-electron chi connectivity index (χ3n) is 3.44. The third-order valence-corrected chi connectivity index (χ3v) is 3.93. The Labute approximate surface area is 130 Å². The second kappa shape index (κ2) is 5.77. The number of carbonyl (C=O) groups excluding carboxylic acids is 1. The van der Waals surface area contributed by atoms with Gasteiger partial charge in [0.25, 0.3) is 0 Å². The molecule has 3 rings (SSSR count). The Morgan fingerprint density at radius 1 is 1.19 bits per heavy atom. The summed E-state index contributed by atoms with van der Waals surface area (Å²) >= 11 is 3.45. The monoisotopic (exact) mass is 343 g/mol. The number of aromatic nitrogens is 3. The summed E-state index contributed by atoms with van der Waals surface area (Å²) < 4.78 is 2.78. The van der Waals surface area contributed by atoms with Crippen LogP contribution in [0.5, 0.6) is 0 Å². The molecule has 4 nitrogen and oxygen atoms in total. The number of nitrogens with zero attached hydrogens (tertiary/aromatic N) is 3. The fraction of sp³-hybridized carbons (Fsp3) is 0.188. The number of carbonyl (C=O) groups is 1. The molecule has 0 saturated carbocycles. The fourth-order valence-electron chi connectivity index (χ4n) is 2.32. The van der Waals surface area contributed by atoms with Crippen molar-refractivity contribution in [3.05, 3.63) is 58.6 Å². The zero-order chi connectivity index (χ0) is 14.8. The maximum Gasteiger partial charge on any atom is 0.170 e. The van der Waals surface area contributed by atoms with E-state index in [1.807, 2.05) is 43.3 Å². The molecule has 0 bridgehead atoms. The number of hydrogen-bond donors (Lipinski definition) is 0. The Morgan fingerprint density at radius 2 is 1.95 bits per heavy atom. The summed E-state index contributed by atoms with van der Waals surface area (Å²) in [4.78, 5) is 16.6. The average molecular weight is 344 g/mol. The quantitative estimate of drug-likeness (QED) is 0.679. The fourth-order valence-corrected chi connectivity index (χ4v) is 2.70. The summed E-state index contributed by atoms with van der Waals surface area (Å²) in [6, 6.07) is 11.8. The standard InChI is InChI=1S/C16H14BrN3O/c1-2-20-16(18-10-19-20)9-15(21)13-4-3-12-8-14(17)6-5-11(12)7-13/h3-8,10H,2,9H2,1H3. The van der Waals surface area contributed by atoms with Gasteiger partial charge in [0.15, 0.2) is 5.78 Å². The van der Waals surface area contributed by atoms with Crippen LogP contribution in [-0.2, 0) is 13.0 Å². The van der Waals surface area contributed by atoms with Crippen LogP contribution in [0.2, 0.25) is 0 Å². The number of rotatable bonds is 4. The number of hydrogen-bond acceptors (Lipinski definition) is 3. The number of ketones is 1. The first-order chi connectivity index (χ1) is 10.2. The predicted octanol–water partition coefficient (Wildman–Crippen LogP) is 3.64. The highest BCUT2D eigenvalue weighted by molar-refractivity contribution is 9.10. The molecule has 1 aromatic heterocycles. The van der Waals surface area contributed by atoms with E-state index in [9.17, 15) is 4.79 Å². The van der Waals surface area contributed by atoms with Gasteiger partial charge < -0.3 is 0 Å². The summed E-state index contributed by atoms with van der Waals surface area (Å²) in [5.74, 6) is 0.765. The van der Waals surface area contributed by atoms with E-state index in [1.165, 1.54) is 6.33 Å². The molecule has 0 fully saturated rings. The number of benzene rings is 2.